The highest BCUT2D eigenvalue weighted by molar-refractivity contribution is 8.00. The number of aliphatic hydroxyl groups is 1. The monoisotopic (exact) mass is 556 g/mol. The van der Waals surface area contributed by atoms with Crippen molar-refractivity contribution >= 4 is 51.4 Å². The summed E-state index contributed by atoms with van der Waals surface area (Å²) < 4.78 is 0.687. The normalized spacial score (nSPS) is 16.6. The van der Waals surface area contributed by atoms with Crippen LogP contribution in [0.2, 0.25) is 0 Å². The summed E-state index contributed by atoms with van der Waals surface area (Å²) >= 11 is 2.78. The minimum atomic E-state index is -0.846. The molecule has 1 fully saturated rings. The lowest BCUT2D eigenvalue weighted by Crippen LogP contribution is -2.29. The summed E-state index contributed by atoms with van der Waals surface area (Å²) in [6.07, 6.45) is 0. The Kier molecular flexibility index (Phi) is 7.54. The van der Waals surface area contributed by atoms with Gasteiger partial charge in [0.15, 0.2) is 4.34 Å². The molecule has 1 saturated heterocycles. The minimum Gasteiger partial charge on any atom is -0.507 e. The highest BCUT2D eigenvalue weighted by atomic mass is 32.2. The molecule has 1 atom stereocenters. The predicted molar refractivity (Wildman–Crippen MR) is 157 cm³/mol. The van der Waals surface area contributed by atoms with Crippen molar-refractivity contribution in [2.24, 2.45) is 0 Å². The number of amides is 1. The van der Waals surface area contributed by atoms with Gasteiger partial charge in [0.1, 0.15) is 5.76 Å². The Balaban J connectivity index is 1.58. The molecule has 7 nitrogen and oxygen atoms in total. The largest absolute Gasteiger partial charge is 0.507 e. The van der Waals surface area contributed by atoms with Crippen molar-refractivity contribution in [3.8, 4) is 0 Å². The van der Waals surface area contributed by atoms with Crippen LogP contribution >= 0.6 is 23.1 Å². The molecule has 5 rings (SSSR count). The first-order chi connectivity index (χ1) is 18.7. The second-order valence-electron chi connectivity index (χ2n) is 9.60. The van der Waals surface area contributed by atoms with E-state index in [-0.39, 0.29) is 11.3 Å². The molecule has 2 heterocycles. The first-order valence-electron chi connectivity index (χ1n) is 12.4. The van der Waals surface area contributed by atoms with Gasteiger partial charge in [0, 0.05) is 31.1 Å². The number of aryl methyl sites for hydroxylation is 2. The fraction of sp³-hybridized carbons (Fsp3) is 0.200. The third-order valence-electron chi connectivity index (χ3n) is 6.62. The third-order valence-corrected chi connectivity index (χ3v) is 8.75. The fourth-order valence-electron chi connectivity index (χ4n) is 4.51. The van der Waals surface area contributed by atoms with Crippen LogP contribution in [0.25, 0.3) is 5.76 Å². The molecular formula is C30H28N4O3S2. The molecule has 1 aliphatic rings. The number of thioether (sulfide) groups is 1. The zero-order valence-corrected chi connectivity index (χ0v) is 23.7. The number of hydrogen-bond acceptors (Lipinski definition) is 8. The summed E-state index contributed by atoms with van der Waals surface area (Å²) in [6, 6.07) is 22.4. The molecule has 1 unspecified atom stereocenters. The van der Waals surface area contributed by atoms with Gasteiger partial charge in [-0.2, -0.15) is 0 Å². The van der Waals surface area contributed by atoms with E-state index in [2.05, 4.69) is 10.2 Å². The summed E-state index contributed by atoms with van der Waals surface area (Å²) in [7, 11) is 3.88. The van der Waals surface area contributed by atoms with Gasteiger partial charge in [-0.15, -0.1) is 10.2 Å². The van der Waals surface area contributed by atoms with Crippen LogP contribution in [0.4, 0.5) is 10.8 Å². The number of nitrogens with zero attached hydrogens (tertiary/aromatic N) is 4. The molecule has 0 bridgehead atoms. The SMILES string of the molecule is Cc1ccc(C)c(C(O)=C2C(=O)C(=O)N(c3nnc(SCc4ccccc4)s3)C2c2ccc(N(C)C)cc2)c1. The molecular weight excluding hydrogens is 528 g/mol. The maximum absolute atomic E-state index is 13.5. The molecule has 1 N–H and O–H groups in total. The molecule has 3 aromatic carbocycles. The summed E-state index contributed by atoms with van der Waals surface area (Å²) in [5.74, 6) is -0.971. The van der Waals surface area contributed by atoms with Crippen LogP contribution in [0, 0.1) is 13.8 Å². The van der Waals surface area contributed by atoms with E-state index in [1.807, 2.05) is 106 Å². The summed E-state index contributed by atoms with van der Waals surface area (Å²) in [5.41, 5.74) is 5.13. The van der Waals surface area contributed by atoms with Crippen molar-refractivity contribution in [1.82, 2.24) is 10.2 Å². The fourth-order valence-corrected chi connectivity index (χ4v) is 6.34. The average Bonchev–Trinajstić information content (AvgIpc) is 3.51. The minimum absolute atomic E-state index is 0.0417. The number of anilines is 2. The summed E-state index contributed by atoms with van der Waals surface area (Å²) in [4.78, 5) is 30.4. The standard InChI is InChI=1S/C30H28N4O3S2/c1-18-10-11-19(2)23(16-18)26(35)24-25(21-12-14-22(15-13-21)33(3)4)34(28(37)27(24)36)29-31-32-30(39-29)38-17-20-8-6-5-7-9-20/h5-16,25,35H,17H2,1-4H3. The molecule has 0 saturated carbocycles. The van der Waals surface area contributed by atoms with Crippen LogP contribution in [-0.4, -0.2) is 41.1 Å². The molecule has 1 aromatic heterocycles. The zero-order valence-electron chi connectivity index (χ0n) is 22.1. The number of benzene rings is 3. The predicted octanol–water partition coefficient (Wildman–Crippen LogP) is 6.14. The number of hydrogen-bond donors (Lipinski definition) is 1. The van der Waals surface area contributed by atoms with Crippen molar-refractivity contribution in [3.05, 3.63) is 106 Å². The zero-order chi connectivity index (χ0) is 27.7. The second kappa shape index (κ2) is 11.0. The Morgan fingerprint density at radius 1 is 1.00 bits per heavy atom. The van der Waals surface area contributed by atoms with Crippen LogP contribution in [0.5, 0.6) is 0 Å². The highest BCUT2D eigenvalue weighted by Crippen LogP contribution is 2.44. The number of carbonyl (C=O) groups excluding carboxylic acids is 2. The number of aliphatic hydroxyl groups excluding tert-OH is 1. The van der Waals surface area contributed by atoms with Crippen LogP contribution in [0.1, 0.15) is 33.9 Å². The van der Waals surface area contributed by atoms with Gasteiger partial charge in [-0.1, -0.05) is 83.3 Å². The Labute approximate surface area is 235 Å². The molecule has 0 aliphatic carbocycles. The van der Waals surface area contributed by atoms with Crippen LogP contribution in [-0.2, 0) is 15.3 Å². The number of carbonyl (C=O) groups is 2. The van der Waals surface area contributed by atoms with E-state index in [1.165, 1.54) is 28.0 Å². The van der Waals surface area contributed by atoms with Crippen molar-refractivity contribution in [1.29, 1.82) is 0 Å². The average molecular weight is 557 g/mol. The van der Waals surface area contributed by atoms with E-state index in [0.717, 1.165) is 22.4 Å². The topological polar surface area (TPSA) is 86.6 Å². The number of rotatable bonds is 7. The van der Waals surface area contributed by atoms with Gasteiger partial charge in [-0.25, -0.2) is 0 Å². The Morgan fingerprint density at radius 2 is 1.72 bits per heavy atom. The first-order valence-corrected chi connectivity index (χ1v) is 14.2. The van der Waals surface area contributed by atoms with E-state index < -0.39 is 17.7 Å². The molecule has 198 valence electrons. The van der Waals surface area contributed by atoms with Crippen LogP contribution < -0.4 is 9.80 Å². The highest BCUT2D eigenvalue weighted by Gasteiger charge is 2.48. The maximum atomic E-state index is 13.5. The molecule has 39 heavy (non-hydrogen) atoms. The summed E-state index contributed by atoms with van der Waals surface area (Å²) in [6.45, 7) is 3.79. The van der Waals surface area contributed by atoms with Crippen molar-refractivity contribution in [2.75, 3.05) is 23.9 Å². The Hall–Kier alpha value is -3.95. The lowest BCUT2D eigenvalue weighted by Gasteiger charge is -2.23. The van der Waals surface area contributed by atoms with E-state index >= 15 is 0 Å². The molecule has 4 aromatic rings. The first kappa shape index (κ1) is 26.6. The van der Waals surface area contributed by atoms with E-state index in [9.17, 15) is 14.7 Å². The molecule has 1 aliphatic heterocycles. The number of aromatic nitrogens is 2. The van der Waals surface area contributed by atoms with Gasteiger partial charge in [0.05, 0.1) is 11.6 Å². The molecule has 0 radical (unpaired) electrons. The van der Waals surface area contributed by atoms with Gasteiger partial charge >= 0.3 is 5.91 Å². The van der Waals surface area contributed by atoms with Gasteiger partial charge in [-0.3, -0.25) is 14.5 Å². The smallest absolute Gasteiger partial charge is 0.301 e. The van der Waals surface area contributed by atoms with Gasteiger partial charge in [0.2, 0.25) is 5.13 Å². The Bertz CT molecular complexity index is 1560. The molecule has 0 spiro atoms. The molecule has 9 heteroatoms. The van der Waals surface area contributed by atoms with E-state index in [1.54, 1.807) is 0 Å². The van der Waals surface area contributed by atoms with Gasteiger partial charge < -0.3 is 10.0 Å². The second-order valence-corrected chi connectivity index (χ2v) is 11.8. The third kappa shape index (κ3) is 5.32. The van der Waals surface area contributed by atoms with E-state index in [4.69, 9.17) is 0 Å². The van der Waals surface area contributed by atoms with Crippen LogP contribution in [0.3, 0.4) is 0 Å². The number of Topliss-reactive ketones (excluding diaryl/α,β-unsaturated/α-hetero) is 1. The lowest BCUT2D eigenvalue weighted by atomic mass is 9.93. The lowest BCUT2D eigenvalue weighted by molar-refractivity contribution is -0.132. The van der Waals surface area contributed by atoms with E-state index in [0.29, 0.717) is 26.4 Å². The quantitative estimate of drug-likeness (QED) is 0.0962. The van der Waals surface area contributed by atoms with Crippen molar-refractivity contribution < 1.29 is 14.7 Å². The maximum Gasteiger partial charge on any atom is 0.301 e. The van der Waals surface area contributed by atoms with Crippen molar-refractivity contribution in [3.63, 3.8) is 0 Å². The van der Waals surface area contributed by atoms with Gasteiger partial charge in [0.25, 0.3) is 5.78 Å². The van der Waals surface area contributed by atoms with Crippen molar-refractivity contribution in [2.45, 2.75) is 30.0 Å². The Morgan fingerprint density at radius 3 is 2.41 bits per heavy atom. The molecule has 1 amide bonds. The summed E-state index contributed by atoms with van der Waals surface area (Å²) in [5, 5.41) is 20.4. The number of ketones is 1. The van der Waals surface area contributed by atoms with Crippen LogP contribution in [0.15, 0.2) is 82.7 Å². The van der Waals surface area contributed by atoms with Gasteiger partial charge in [-0.05, 0) is 48.7 Å².